The van der Waals surface area contributed by atoms with Crippen molar-refractivity contribution in [2.45, 2.75) is 26.7 Å². The topological polar surface area (TPSA) is 90.7 Å². The Morgan fingerprint density at radius 2 is 2.06 bits per heavy atom. The van der Waals surface area contributed by atoms with E-state index >= 15 is 0 Å². The molecule has 0 radical (unpaired) electrons. The van der Waals surface area contributed by atoms with Crippen LogP contribution in [-0.4, -0.2) is 4.92 Å². The SMILES string of the molecule is CC(C)Cc1cc(CC#N)cc(C#N)c1[N+](=O)[O-]. The third kappa shape index (κ3) is 3.05. The van der Waals surface area contributed by atoms with Crippen molar-refractivity contribution in [1.82, 2.24) is 0 Å². The average Bonchev–Trinajstić information content (AvgIpc) is 2.27. The van der Waals surface area contributed by atoms with Gasteiger partial charge in [-0.2, -0.15) is 10.5 Å². The number of hydrogen-bond donors (Lipinski definition) is 0. The van der Waals surface area contributed by atoms with E-state index in [0.29, 0.717) is 17.5 Å². The zero-order valence-electron chi connectivity index (χ0n) is 10.3. The maximum absolute atomic E-state index is 11.0. The average molecular weight is 243 g/mol. The second-order valence-corrected chi connectivity index (χ2v) is 4.45. The summed E-state index contributed by atoms with van der Waals surface area (Å²) in [5, 5.41) is 28.7. The molecule has 0 aliphatic rings. The third-order valence-electron chi connectivity index (χ3n) is 2.46. The van der Waals surface area contributed by atoms with Crippen LogP contribution in [-0.2, 0) is 12.8 Å². The molecule has 0 atom stereocenters. The molecule has 1 aromatic carbocycles. The van der Waals surface area contributed by atoms with Gasteiger partial charge in [0.15, 0.2) is 0 Å². The van der Waals surface area contributed by atoms with Crippen molar-refractivity contribution in [3.8, 4) is 12.1 Å². The van der Waals surface area contributed by atoms with E-state index < -0.39 is 4.92 Å². The summed E-state index contributed by atoms with van der Waals surface area (Å²) < 4.78 is 0. The highest BCUT2D eigenvalue weighted by Gasteiger charge is 2.21. The number of nitro groups is 1. The molecular formula is C13H13N3O2. The fourth-order valence-electron chi connectivity index (χ4n) is 1.85. The predicted molar refractivity (Wildman–Crippen MR) is 65.7 cm³/mol. The van der Waals surface area contributed by atoms with Crippen LogP contribution < -0.4 is 0 Å². The van der Waals surface area contributed by atoms with E-state index in [0.717, 1.165) is 0 Å². The summed E-state index contributed by atoms with van der Waals surface area (Å²) in [4.78, 5) is 10.5. The third-order valence-corrected chi connectivity index (χ3v) is 2.46. The molecule has 0 bridgehead atoms. The molecule has 5 heteroatoms. The first-order chi connectivity index (χ1) is 8.49. The fraction of sp³-hybridized carbons (Fsp3) is 0.385. The summed E-state index contributed by atoms with van der Waals surface area (Å²) in [6.07, 6.45) is 0.669. The van der Waals surface area contributed by atoms with E-state index in [1.165, 1.54) is 6.07 Å². The summed E-state index contributed by atoms with van der Waals surface area (Å²) in [6.45, 7) is 3.90. The van der Waals surface area contributed by atoms with Crippen molar-refractivity contribution in [2.24, 2.45) is 5.92 Å². The van der Waals surface area contributed by atoms with E-state index in [1.54, 1.807) is 6.07 Å². The van der Waals surface area contributed by atoms with Gasteiger partial charge in [-0.3, -0.25) is 10.1 Å². The van der Waals surface area contributed by atoms with Crippen molar-refractivity contribution in [3.63, 3.8) is 0 Å². The molecular weight excluding hydrogens is 230 g/mol. The Balaban J connectivity index is 3.43. The summed E-state index contributed by atoms with van der Waals surface area (Å²) in [5.41, 5.74) is 1.07. The zero-order chi connectivity index (χ0) is 13.7. The van der Waals surface area contributed by atoms with Gasteiger partial charge in [-0.1, -0.05) is 13.8 Å². The van der Waals surface area contributed by atoms with Crippen LogP contribution in [0.15, 0.2) is 12.1 Å². The van der Waals surface area contributed by atoms with Gasteiger partial charge in [0, 0.05) is 5.56 Å². The Morgan fingerprint density at radius 1 is 1.39 bits per heavy atom. The van der Waals surface area contributed by atoms with E-state index in [2.05, 4.69) is 0 Å². The Hall–Kier alpha value is -2.40. The number of nitriles is 2. The van der Waals surface area contributed by atoms with Gasteiger partial charge in [0.05, 0.1) is 17.4 Å². The van der Waals surface area contributed by atoms with Crippen LogP contribution in [0.3, 0.4) is 0 Å². The largest absolute Gasteiger partial charge is 0.290 e. The van der Waals surface area contributed by atoms with Crippen LogP contribution in [0.2, 0.25) is 0 Å². The zero-order valence-corrected chi connectivity index (χ0v) is 10.3. The molecule has 18 heavy (non-hydrogen) atoms. The highest BCUT2D eigenvalue weighted by Crippen LogP contribution is 2.27. The monoisotopic (exact) mass is 243 g/mol. The number of rotatable bonds is 4. The lowest BCUT2D eigenvalue weighted by molar-refractivity contribution is -0.385. The number of nitro benzene ring substituents is 1. The molecule has 0 unspecified atom stereocenters. The molecule has 0 aliphatic carbocycles. The van der Waals surface area contributed by atoms with Crippen LogP contribution >= 0.6 is 0 Å². The van der Waals surface area contributed by atoms with Gasteiger partial charge in [-0.15, -0.1) is 0 Å². The molecule has 0 aromatic heterocycles. The molecule has 0 saturated heterocycles. The van der Waals surface area contributed by atoms with Crippen molar-refractivity contribution < 1.29 is 4.92 Å². The molecule has 0 saturated carbocycles. The minimum absolute atomic E-state index is 0.0309. The highest BCUT2D eigenvalue weighted by atomic mass is 16.6. The molecule has 0 aliphatic heterocycles. The number of nitrogens with zero attached hydrogens (tertiary/aromatic N) is 3. The van der Waals surface area contributed by atoms with Gasteiger partial charge in [0.2, 0.25) is 0 Å². The van der Waals surface area contributed by atoms with Gasteiger partial charge < -0.3 is 0 Å². The standard InChI is InChI=1S/C13H13N3O2/c1-9(2)5-11-6-10(3-4-14)7-12(8-15)13(11)16(17)18/h6-7,9H,3,5H2,1-2H3. The Kier molecular flexibility index (Phi) is 4.39. The van der Waals surface area contributed by atoms with Crippen molar-refractivity contribution in [1.29, 1.82) is 10.5 Å². The molecule has 5 nitrogen and oxygen atoms in total. The molecule has 0 heterocycles. The molecule has 1 rings (SSSR count). The Morgan fingerprint density at radius 3 is 2.50 bits per heavy atom. The Labute approximate surface area is 105 Å². The number of hydrogen-bond acceptors (Lipinski definition) is 4. The normalized spacial score (nSPS) is 9.83. The van der Waals surface area contributed by atoms with Crippen LogP contribution in [0.25, 0.3) is 0 Å². The van der Waals surface area contributed by atoms with Crippen LogP contribution in [0.1, 0.15) is 30.5 Å². The van der Waals surface area contributed by atoms with Crippen LogP contribution in [0, 0.1) is 38.7 Å². The van der Waals surface area contributed by atoms with Crippen molar-refractivity contribution in [2.75, 3.05) is 0 Å². The maximum Gasteiger partial charge on any atom is 0.290 e. The summed E-state index contributed by atoms with van der Waals surface area (Å²) in [7, 11) is 0. The minimum atomic E-state index is -0.521. The lowest BCUT2D eigenvalue weighted by Gasteiger charge is -2.08. The molecule has 0 spiro atoms. The maximum atomic E-state index is 11.0. The van der Waals surface area contributed by atoms with Gasteiger partial charge in [-0.05, 0) is 30.0 Å². The van der Waals surface area contributed by atoms with E-state index in [1.807, 2.05) is 26.0 Å². The van der Waals surface area contributed by atoms with Crippen molar-refractivity contribution >= 4 is 5.69 Å². The van der Waals surface area contributed by atoms with Crippen LogP contribution in [0.4, 0.5) is 5.69 Å². The summed E-state index contributed by atoms with van der Waals surface area (Å²) >= 11 is 0. The molecule has 0 N–H and O–H groups in total. The lowest BCUT2D eigenvalue weighted by Crippen LogP contribution is -2.04. The van der Waals surface area contributed by atoms with Gasteiger partial charge >= 0.3 is 0 Å². The van der Waals surface area contributed by atoms with Gasteiger partial charge in [0.25, 0.3) is 5.69 Å². The molecule has 1 aromatic rings. The quantitative estimate of drug-likeness (QED) is 0.600. The summed E-state index contributed by atoms with van der Waals surface area (Å²) in [5.74, 6) is 0.243. The van der Waals surface area contributed by atoms with E-state index in [9.17, 15) is 10.1 Å². The van der Waals surface area contributed by atoms with Crippen molar-refractivity contribution in [3.05, 3.63) is 38.9 Å². The highest BCUT2D eigenvalue weighted by molar-refractivity contribution is 5.56. The smallest absolute Gasteiger partial charge is 0.258 e. The second-order valence-electron chi connectivity index (χ2n) is 4.45. The first-order valence-electron chi connectivity index (χ1n) is 5.56. The predicted octanol–water partition coefficient (Wildman–Crippen LogP) is 2.73. The van der Waals surface area contributed by atoms with E-state index in [-0.39, 0.29) is 23.6 Å². The van der Waals surface area contributed by atoms with E-state index in [4.69, 9.17) is 10.5 Å². The molecule has 0 amide bonds. The van der Waals surface area contributed by atoms with Crippen LogP contribution in [0.5, 0.6) is 0 Å². The minimum Gasteiger partial charge on any atom is -0.258 e. The lowest BCUT2D eigenvalue weighted by atomic mass is 9.95. The van der Waals surface area contributed by atoms with Gasteiger partial charge in [0.1, 0.15) is 11.6 Å². The Bertz CT molecular complexity index is 551. The van der Waals surface area contributed by atoms with Gasteiger partial charge in [-0.25, -0.2) is 0 Å². The molecule has 0 fully saturated rings. The summed E-state index contributed by atoms with van der Waals surface area (Å²) in [6, 6.07) is 6.90. The molecule has 92 valence electrons. The first kappa shape index (κ1) is 13.7. The second kappa shape index (κ2) is 5.79. The number of benzene rings is 1. The first-order valence-corrected chi connectivity index (χ1v) is 5.56. The fourth-order valence-corrected chi connectivity index (χ4v) is 1.85.